The molecule has 1 aliphatic rings. The van der Waals surface area contributed by atoms with Crippen LogP contribution < -0.4 is 9.64 Å². The summed E-state index contributed by atoms with van der Waals surface area (Å²) in [6, 6.07) is 7.78. The Balaban J connectivity index is 1.89. The smallest absolute Gasteiger partial charge is 0.246 e. The normalized spacial score (nSPS) is 21.7. The lowest BCUT2D eigenvalue weighted by Crippen LogP contribution is -2.46. The second kappa shape index (κ2) is 6.27. The first kappa shape index (κ1) is 14.7. The van der Waals surface area contributed by atoms with Crippen molar-refractivity contribution in [2.75, 3.05) is 25.1 Å². The van der Waals surface area contributed by atoms with Crippen LogP contribution in [0.5, 0.6) is 5.75 Å². The van der Waals surface area contributed by atoms with Crippen molar-refractivity contribution in [1.29, 1.82) is 0 Å². The van der Waals surface area contributed by atoms with E-state index in [0.717, 1.165) is 30.1 Å². The fourth-order valence-corrected chi connectivity index (χ4v) is 2.69. The molecule has 0 saturated carbocycles. The standard InChI is InChI=1S/C16H20N4O2/c1-11-9-20(10-12(2)22-11)16-18-15(8-17-19-16)13-5-4-6-14(7-13)21-3/h4-8,11-12H,9-10H2,1-3H3/t11-,12+. The van der Waals surface area contributed by atoms with Gasteiger partial charge in [0.2, 0.25) is 5.95 Å². The average molecular weight is 300 g/mol. The van der Waals surface area contributed by atoms with Crippen molar-refractivity contribution in [3.05, 3.63) is 30.5 Å². The number of hydrogen-bond acceptors (Lipinski definition) is 6. The van der Waals surface area contributed by atoms with Crippen molar-refractivity contribution in [3.63, 3.8) is 0 Å². The first-order valence-electron chi connectivity index (χ1n) is 7.40. The molecule has 0 bridgehead atoms. The minimum absolute atomic E-state index is 0.160. The molecule has 2 atom stereocenters. The summed E-state index contributed by atoms with van der Waals surface area (Å²) in [5.41, 5.74) is 1.75. The highest BCUT2D eigenvalue weighted by Gasteiger charge is 2.24. The van der Waals surface area contributed by atoms with Crippen LogP contribution in [-0.4, -0.2) is 47.6 Å². The lowest BCUT2D eigenvalue weighted by molar-refractivity contribution is -0.00576. The first-order chi connectivity index (χ1) is 10.7. The summed E-state index contributed by atoms with van der Waals surface area (Å²) in [4.78, 5) is 6.77. The van der Waals surface area contributed by atoms with Crippen molar-refractivity contribution < 1.29 is 9.47 Å². The highest BCUT2D eigenvalue weighted by atomic mass is 16.5. The zero-order chi connectivity index (χ0) is 15.5. The number of morpholine rings is 1. The van der Waals surface area contributed by atoms with Gasteiger partial charge in [-0.15, -0.1) is 5.10 Å². The number of ether oxygens (including phenoxy) is 2. The van der Waals surface area contributed by atoms with E-state index in [1.54, 1.807) is 13.3 Å². The van der Waals surface area contributed by atoms with Crippen LogP contribution in [0.3, 0.4) is 0 Å². The lowest BCUT2D eigenvalue weighted by atomic mass is 10.1. The van der Waals surface area contributed by atoms with Crippen LogP contribution in [0, 0.1) is 0 Å². The van der Waals surface area contributed by atoms with Gasteiger partial charge in [0.25, 0.3) is 0 Å². The van der Waals surface area contributed by atoms with Crippen molar-refractivity contribution in [2.24, 2.45) is 0 Å². The minimum atomic E-state index is 0.160. The van der Waals surface area contributed by atoms with Crippen LogP contribution in [0.1, 0.15) is 13.8 Å². The summed E-state index contributed by atoms with van der Waals surface area (Å²) < 4.78 is 11.0. The van der Waals surface area contributed by atoms with Gasteiger partial charge in [-0.05, 0) is 26.0 Å². The van der Waals surface area contributed by atoms with Gasteiger partial charge >= 0.3 is 0 Å². The van der Waals surface area contributed by atoms with E-state index in [0.29, 0.717) is 5.95 Å². The van der Waals surface area contributed by atoms with Crippen LogP contribution >= 0.6 is 0 Å². The minimum Gasteiger partial charge on any atom is -0.497 e. The Morgan fingerprint density at radius 2 is 2.00 bits per heavy atom. The van der Waals surface area contributed by atoms with Crippen LogP contribution in [0.2, 0.25) is 0 Å². The van der Waals surface area contributed by atoms with Gasteiger partial charge in [-0.1, -0.05) is 12.1 Å². The molecule has 0 spiro atoms. The van der Waals surface area contributed by atoms with E-state index < -0.39 is 0 Å². The van der Waals surface area contributed by atoms with Crippen LogP contribution in [-0.2, 0) is 4.74 Å². The Kier molecular flexibility index (Phi) is 4.20. The number of anilines is 1. The highest BCUT2D eigenvalue weighted by Crippen LogP contribution is 2.23. The Morgan fingerprint density at radius 3 is 2.73 bits per heavy atom. The molecule has 0 aliphatic carbocycles. The maximum atomic E-state index is 5.75. The summed E-state index contributed by atoms with van der Waals surface area (Å²) in [6.45, 7) is 5.66. The summed E-state index contributed by atoms with van der Waals surface area (Å²) in [5, 5.41) is 8.28. The molecule has 0 N–H and O–H groups in total. The molecule has 1 aromatic heterocycles. The first-order valence-corrected chi connectivity index (χ1v) is 7.40. The van der Waals surface area contributed by atoms with Crippen LogP contribution in [0.15, 0.2) is 30.5 Å². The predicted molar refractivity (Wildman–Crippen MR) is 84.0 cm³/mol. The zero-order valence-corrected chi connectivity index (χ0v) is 13.1. The van der Waals surface area contributed by atoms with E-state index in [1.807, 2.05) is 24.3 Å². The van der Waals surface area contributed by atoms with E-state index in [1.165, 1.54) is 0 Å². The Hall–Kier alpha value is -2.21. The van der Waals surface area contributed by atoms with Gasteiger partial charge in [0.05, 0.1) is 31.2 Å². The van der Waals surface area contributed by atoms with Gasteiger partial charge in [-0.2, -0.15) is 5.10 Å². The molecule has 1 saturated heterocycles. The Morgan fingerprint density at radius 1 is 1.23 bits per heavy atom. The largest absolute Gasteiger partial charge is 0.497 e. The van der Waals surface area contributed by atoms with Gasteiger partial charge in [-0.25, -0.2) is 4.98 Å². The molecule has 22 heavy (non-hydrogen) atoms. The SMILES string of the molecule is COc1cccc(-c2cnnc(N3C[C@@H](C)O[C@@H](C)C3)n2)c1. The molecule has 1 aliphatic heterocycles. The quantitative estimate of drug-likeness (QED) is 0.865. The van der Waals surface area contributed by atoms with Gasteiger partial charge in [0.1, 0.15) is 5.75 Å². The zero-order valence-electron chi connectivity index (χ0n) is 13.1. The molecule has 6 heteroatoms. The molecule has 2 aromatic rings. The number of benzene rings is 1. The molecule has 2 heterocycles. The number of hydrogen-bond donors (Lipinski definition) is 0. The molecule has 0 radical (unpaired) electrons. The second-order valence-corrected chi connectivity index (χ2v) is 5.54. The molecular weight excluding hydrogens is 280 g/mol. The van der Waals surface area contributed by atoms with E-state index >= 15 is 0 Å². The Bertz CT molecular complexity index is 640. The van der Waals surface area contributed by atoms with E-state index in [-0.39, 0.29) is 12.2 Å². The molecule has 1 aromatic carbocycles. The number of nitrogens with zero attached hydrogens (tertiary/aromatic N) is 4. The van der Waals surface area contributed by atoms with Gasteiger partial charge in [0.15, 0.2) is 0 Å². The van der Waals surface area contributed by atoms with Crippen LogP contribution in [0.25, 0.3) is 11.3 Å². The summed E-state index contributed by atoms with van der Waals surface area (Å²) in [5.74, 6) is 1.44. The van der Waals surface area contributed by atoms with Crippen molar-refractivity contribution in [1.82, 2.24) is 15.2 Å². The van der Waals surface area contributed by atoms with Crippen molar-refractivity contribution in [3.8, 4) is 17.0 Å². The maximum Gasteiger partial charge on any atom is 0.246 e. The summed E-state index contributed by atoms with van der Waals surface area (Å²) in [7, 11) is 1.65. The summed E-state index contributed by atoms with van der Waals surface area (Å²) in [6.07, 6.45) is 1.99. The number of methoxy groups -OCH3 is 1. The molecule has 3 rings (SSSR count). The third kappa shape index (κ3) is 3.17. The average Bonchev–Trinajstić information content (AvgIpc) is 2.54. The molecule has 0 amide bonds. The van der Waals surface area contributed by atoms with E-state index in [9.17, 15) is 0 Å². The highest BCUT2D eigenvalue weighted by molar-refractivity contribution is 5.61. The number of aromatic nitrogens is 3. The van der Waals surface area contributed by atoms with Crippen molar-refractivity contribution in [2.45, 2.75) is 26.1 Å². The fourth-order valence-electron chi connectivity index (χ4n) is 2.69. The van der Waals surface area contributed by atoms with Gasteiger partial charge < -0.3 is 14.4 Å². The van der Waals surface area contributed by atoms with Gasteiger partial charge in [0, 0.05) is 18.7 Å². The topological polar surface area (TPSA) is 60.4 Å². The molecule has 116 valence electrons. The van der Waals surface area contributed by atoms with Crippen molar-refractivity contribution >= 4 is 5.95 Å². The maximum absolute atomic E-state index is 5.75. The molecule has 1 fully saturated rings. The van der Waals surface area contributed by atoms with Gasteiger partial charge in [-0.3, -0.25) is 0 Å². The third-order valence-corrected chi connectivity index (χ3v) is 3.62. The lowest BCUT2D eigenvalue weighted by Gasteiger charge is -2.35. The molecule has 0 unspecified atom stereocenters. The fraction of sp³-hybridized carbons (Fsp3) is 0.438. The predicted octanol–water partition coefficient (Wildman–Crippen LogP) is 2.16. The second-order valence-electron chi connectivity index (χ2n) is 5.54. The Labute approximate surface area is 130 Å². The van der Waals surface area contributed by atoms with E-state index in [2.05, 4.69) is 33.9 Å². The monoisotopic (exact) mass is 300 g/mol. The van der Waals surface area contributed by atoms with Crippen LogP contribution in [0.4, 0.5) is 5.95 Å². The van der Waals surface area contributed by atoms with E-state index in [4.69, 9.17) is 9.47 Å². The molecule has 6 nitrogen and oxygen atoms in total. The number of rotatable bonds is 3. The summed E-state index contributed by atoms with van der Waals surface area (Å²) >= 11 is 0. The molecular formula is C16H20N4O2. The third-order valence-electron chi connectivity index (χ3n) is 3.62.